The first-order valence-corrected chi connectivity index (χ1v) is 9.00. The summed E-state index contributed by atoms with van der Waals surface area (Å²) in [6.45, 7) is -0.412. The number of hydrogen-bond acceptors (Lipinski definition) is 5. The summed E-state index contributed by atoms with van der Waals surface area (Å²) in [5.74, 6) is -0.678. The molecule has 0 atom stereocenters. The van der Waals surface area contributed by atoms with Gasteiger partial charge >= 0.3 is 5.97 Å². The lowest BCUT2D eigenvalue weighted by Gasteiger charge is -2.09. The quantitative estimate of drug-likeness (QED) is 0.497. The molecule has 0 aromatic heterocycles. The second kappa shape index (κ2) is 7.67. The Hall–Kier alpha value is -1.07. The second-order valence-electron chi connectivity index (χ2n) is 4.48. The van der Waals surface area contributed by atoms with Gasteiger partial charge in [0.2, 0.25) is 0 Å². The zero-order chi connectivity index (χ0) is 17.1. The van der Waals surface area contributed by atoms with Crippen LogP contribution in [-0.4, -0.2) is 47.8 Å². The van der Waals surface area contributed by atoms with Crippen LogP contribution in [0.15, 0.2) is 26.5 Å². The summed E-state index contributed by atoms with van der Waals surface area (Å²) in [4.78, 5) is 28.9. The third-order valence-electron chi connectivity index (χ3n) is 2.85. The van der Waals surface area contributed by atoms with Crippen molar-refractivity contribution in [3.8, 4) is 5.75 Å². The molecule has 0 radical (unpaired) electrons. The highest BCUT2D eigenvalue weighted by Gasteiger charge is 2.29. The first-order valence-electron chi connectivity index (χ1n) is 6.31. The molecule has 0 bridgehead atoms. The molecule has 9 heteroatoms. The summed E-state index contributed by atoms with van der Waals surface area (Å²) in [6, 6.07) is 3.60. The Morgan fingerprint density at radius 1 is 1.57 bits per heavy atom. The average Bonchev–Trinajstić information content (AvgIpc) is 2.74. The molecule has 1 heterocycles. The van der Waals surface area contributed by atoms with Crippen molar-refractivity contribution in [3.63, 3.8) is 0 Å². The number of amides is 1. The highest BCUT2D eigenvalue weighted by atomic mass is 127. The van der Waals surface area contributed by atoms with Crippen molar-refractivity contribution in [1.82, 2.24) is 4.90 Å². The van der Waals surface area contributed by atoms with E-state index < -0.39 is 12.6 Å². The fourth-order valence-electron chi connectivity index (χ4n) is 1.84. The number of carboxylic acid groups (broad SMARTS) is 1. The number of likely N-dealkylation sites (N-methyl/N-ethyl adjacent to an activating group) is 1. The van der Waals surface area contributed by atoms with Gasteiger partial charge in [-0.25, -0.2) is 4.79 Å². The molecule has 122 valence electrons. The number of rotatable bonds is 4. The maximum absolute atomic E-state index is 12.1. The Labute approximate surface area is 159 Å². The van der Waals surface area contributed by atoms with Crippen molar-refractivity contribution < 1.29 is 19.4 Å². The van der Waals surface area contributed by atoms with Crippen LogP contribution in [0.1, 0.15) is 5.56 Å². The number of carbonyl (C=O) groups is 2. The van der Waals surface area contributed by atoms with Crippen LogP contribution in [-0.2, 0) is 9.59 Å². The molecule has 1 aliphatic rings. The SMILES string of the molecule is CN=C1S/C(=C/c2cc(Br)c(OCC(=O)O)c(I)c2)C(=O)N1C. The van der Waals surface area contributed by atoms with Gasteiger partial charge in [0.15, 0.2) is 11.8 Å². The van der Waals surface area contributed by atoms with Gasteiger partial charge in [-0.15, -0.1) is 0 Å². The van der Waals surface area contributed by atoms with E-state index in [1.54, 1.807) is 26.2 Å². The summed E-state index contributed by atoms with van der Waals surface area (Å²) in [6.07, 6.45) is 1.77. The molecule has 0 aliphatic carbocycles. The highest BCUT2D eigenvalue weighted by Crippen LogP contribution is 2.35. The normalized spacial score (nSPS) is 18.1. The highest BCUT2D eigenvalue weighted by molar-refractivity contribution is 14.1. The lowest BCUT2D eigenvalue weighted by molar-refractivity contribution is -0.139. The lowest BCUT2D eigenvalue weighted by atomic mass is 10.2. The van der Waals surface area contributed by atoms with Gasteiger partial charge in [0.1, 0.15) is 5.75 Å². The Morgan fingerprint density at radius 3 is 2.78 bits per heavy atom. The number of ether oxygens (including phenoxy) is 1. The minimum Gasteiger partial charge on any atom is -0.480 e. The number of amidine groups is 1. The van der Waals surface area contributed by atoms with Gasteiger partial charge in [0.05, 0.1) is 12.9 Å². The van der Waals surface area contributed by atoms with Crippen LogP contribution in [0.2, 0.25) is 0 Å². The van der Waals surface area contributed by atoms with E-state index >= 15 is 0 Å². The summed E-state index contributed by atoms with van der Waals surface area (Å²) in [5.41, 5.74) is 0.811. The monoisotopic (exact) mass is 510 g/mol. The largest absolute Gasteiger partial charge is 0.480 e. The van der Waals surface area contributed by atoms with Crippen molar-refractivity contribution in [3.05, 3.63) is 30.6 Å². The zero-order valence-electron chi connectivity index (χ0n) is 12.2. The van der Waals surface area contributed by atoms with Crippen LogP contribution in [0.25, 0.3) is 6.08 Å². The molecule has 2 rings (SSSR count). The number of thioether (sulfide) groups is 1. The number of aliphatic carboxylic acids is 1. The first kappa shape index (κ1) is 18.3. The standard InChI is InChI=1S/C14H12BrIN2O4S/c1-17-14-18(2)13(21)10(23-14)5-7-3-8(15)12(9(16)4-7)22-6-11(19)20/h3-5H,6H2,1-2H3,(H,19,20)/b10-5+,17-14?. The Morgan fingerprint density at radius 2 is 2.26 bits per heavy atom. The van der Waals surface area contributed by atoms with Crippen molar-refractivity contribution in [2.75, 3.05) is 20.7 Å². The molecule has 23 heavy (non-hydrogen) atoms. The number of aliphatic imine (C=N–C) groups is 1. The molecular formula is C14H12BrIN2O4S. The predicted molar refractivity (Wildman–Crippen MR) is 102 cm³/mol. The number of benzene rings is 1. The summed E-state index contributed by atoms with van der Waals surface area (Å²) in [5, 5.41) is 9.34. The van der Waals surface area contributed by atoms with E-state index in [4.69, 9.17) is 9.84 Å². The fourth-order valence-corrected chi connectivity index (χ4v) is 4.53. The minimum absolute atomic E-state index is 0.104. The Bertz CT molecular complexity index is 712. The topological polar surface area (TPSA) is 79.2 Å². The molecule has 1 aromatic rings. The predicted octanol–water partition coefficient (Wildman–Crippen LogP) is 3.05. The first-order chi connectivity index (χ1) is 10.8. The molecule has 1 saturated heterocycles. The third-order valence-corrected chi connectivity index (χ3v) is 5.39. The van der Waals surface area contributed by atoms with E-state index in [0.717, 1.165) is 9.13 Å². The molecule has 0 unspecified atom stereocenters. The van der Waals surface area contributed by atoms with Gasteiger partial charge in [0.25, 0.3) is 5.91 Å². The van der Waals surface area contributed by atoms with Crippen molar-refractivity contribution in [2.45, 2.75) is 0 Å². The third kappa shape index (κ3) is 4.27. The number of carboxylic acids is 1. The van der Waals surface area contributed by atoms with Gasteiger partial charge < -0.3 is 9.84 Å². The van der Waals surface area contributed by atoms with Crippen LogP contribution in [0.3, 0.4) is 0 Å². The summed E-state index contributed by atoms with van der Waals surface area (Å²) >= 11 is 6.75. The zero-order valence-corrected chi connectivity index (χ0v) is 16.7. The number of halogens is 2. The number of hydrogen-bond donors (Lipinski definition) is 1. The molecule has 0 saturated carbocycles. The van der Waals surface area contributed by atoms with Crippen LogP contribution < -0.4 is 4.74 Å². The fraction of sp³-hybridized carbons (Fsp3) is 0.214. The Kier molecular flexibility index (Phi) is 6.09. The van der Waals surface area contributed by atoms with E-state index in [0.29, 0.717) is 20.3 Å². The summed E-state index contributed by atoms with van der Waals surface area (Å²) in [7, 11) is 3.32. The van der Waals surface area contributed by atoms with Gasteiger partial charge in [-0.2, -0.15) is 0 Å². The number of nitrogens with zero attached hydrogens (tertiary/aromatic N) is 2. The maximum atomic E-state index is 12.1. The van der Waals surface area contributed by atoms with E-state index in [-0.39, 0.29) is 5.91 Å². The summed E-state index contributed by atoms with van der Waals surface area (Å²) < 4.78 is 6.63. The molecule has 1 N–H and O–H groups in total. The van der Waals surface area contributed by atoms with Gasteiger partial charge in [-0.05, 0) is 74.1 Å². The molecular weight excluding hydrogens is 499 g/mol. The molecule has 1 fully saturated rings. The van der Waals surface area contributed by atoms with E-state index in [2.05, 4.69) is 43.5 Å². The minimum atomic E-state index is -1.04. The number of carbonyl (C=O) groups excluding carboxylic acids is 1. The van der Waals surface area contributed by atoms with Gasteiger partial charge in [-0.3, -0.25) is 14.7 Å². The molecule has 6 nitrogen and oxygen atoms in total. The average molecular weight is 511 g/mol. The van der Waals surface area contributed by atoms with Crippen LogP contribution in [0.5, 0.6) is 5.75 Å². The van der Waals surface area contributed by atoms with Crippen molar-refractivity contribution >= 4 is 73.4 Å². The van der Waals surface area contributed by atoms with Crippen LogP contribution in [0.4, 0.5) is 0 Å². The van der Waals surface area contributed by atoms with E-state index in [9.17, 15) is 9.59 Å². The maximum Gasteiger partial charge on any atom is 0.341 e. The van der Waals surface area contributed by atoms with Gasteiger partial charge in [0, 0.05) is 14.1 Å². The van der Waals surface area contributed by atoms with Crippen molar-refractivity contribution in [2.24, 2.45) is 4.99 Å². The van der Waals surface area contributed by atoms with Gasteiger partial charge in [-0.1, -0.05) is 0 Å². The second-order valence-corrected chi connectivity index (χ2v) is 7.50. The lowest BCUT2D eigenvalue weighted by Crippen LogP contribution is -2.23. The molecule has 0 spiro atoms. The smallest absolute Gasteiger partial charge is 0.341 e. The molecule has 1 aliphatic heterocycles. The van der Waals surface area contributed by atoms with E-state index in [1.165, 1.54) is 16.7 Å². The van der Waals surface area contributed by atoms with Crippen LogP contribution in [0, 0.1) is 3.57 Å². The molecule has 1 aromatic carbocycles. The van der Waals surface area contributed by atoms with E-state index in [1.807, 2.05) is 6.07 Å². The molecule has 1 amide bonds. The van der Waals surface area contributed by atoms with Crippen molar-refractivity contribution in [1.29, 1.82) is 0 Å². The van der Waals surface area contributed by atoms with Crippen LogP contribution >= 0.6 is 50.3 Å². The Balaban J connectivity index is 2.30.